The Bertz CT molecular complexity index is 388. The molecule has 82 valence electrons. The van der Waals surface area contributed by atoms with Crippen molar-refractivity contribution in [2.24, 2.45) is 5.73 Å². The van der Waals surface area contributed by atoms with E-state index in [1.165, 1.54) is 6.26 Å². The summed E-state index contributed by atoms with van der Waals surface area (Å²) < 4.78 is 11.2. The zero-order valence-electron chi connectivity index (χ0n) is 7.88. The van der Waals surface area contributed by atoms with Crippen LogP contribution in [0.2, 0.25) is 0 Å². The van der Waals surface area contributed by atoms with Crippen molar-refractivity contribution < 1.29 is 9.00 Å². The summed E-state index contributed by atoms with van der Waals surface area (Å²) in [6.45, 7) is 0. The Kier molecular flexibility index (Phi) is 3.14. The van der Waals surface area contributed by atoms with Gasteiger partial charge in [-0.25, -0.2) is 0 Å². The summed E-state index contributed by atoms with van der Waals surface area (Å²) in [5, 5.41) is -1.13. The minimum absolute atomic E-state index is 0.0756. The van der Waals surface area contributed by atoms with Crippen LogP contribution in [0, 0.1) is 0 Å². The number of carbonyl (C=O) groups is 1. The first-order valence-electron chi connectivity index (χ1n) is 3.80. The minimum Gasteiger partial charge on any atom is -0.368 e. The lowest BCUT2D eigenvalue weighted by Crippen LogP contribution is -2.27. The molecule has 0 aliphatic rings. The summed E-state index contributed by atoms with van der Waals surface area (Å²) >= 11 is 0. The van der Waals surface area contributed by atoms with Gasteiger partial charge in [0.2, 0.25) is 17.8 Å². The van der Waals surface area contributed by atoms with E-state index in [-0.39, 0.29) is 17.7 Å². The summed E-state index contributed by atoms with van der Waals surface area (Å²) in [6, 6.07) is 0. The average molecular weight is 230 g/mol. The van der Waals surface area contributed by atoms with Crippen LogP contribution in [0.1, 0.15) is 11.1 Å². The summed E-state index contributed by atoms with van der Waals surface area (Å²) in [5.41, 5.74) is 15.7. The van der Waals surface area contributed by atoms with Crippen LogP contribution in [0.3, 0.4) is 0 Å². The SMILES string of the molecule is CS(=O)C(C(N)=O)c1nc(N)nc(N)n1. The second-order valence-electron chi connectivity index (χ2n) is 2.69. The van der Waals surface area contributed by atoms with Crippen molar-refractivity contribution in [3.05, 3.63) is 5.82 Å². The molecule has 1 amide bonds. The molecule has 1 aromatic rings. The lowest BCUT2D eigenvalue weighted by molar-refractivity contribution is -0.117. The van der Waals surface area contributed by atoms with Crippen LogP contribution in [0.25, 0.3) is 0 Å². The molecule has 1 heterocycles. The average Bonchev–Trinajstić information content (AvgIpc) is 1.99. The van der Waals surface area contributed by atoms with Crippen LogP contribution < -0.4 is 17.2 Å². The van der Waals surface area contributed by atoms with Gasteiger partial charge in [-0.05, 0) is 0 Å². The zero-order chi connectivity index (χ0) is 11.6. The highest BCUT2D eigenvalue weighted by atomic mass is 32.2. The van der Waals surface area contributed by atoms with Gasteiger partial charge in [0.25, 0.3) is 0 Å². The van der Waals surface area contributed by atoms with Gasteiger partial charge in [-0.3, -0.25) is 9.00 Å². The number of hydrogen-bond donors (Lipinski definition) is 3. The first-order valence-corrected chi connectivity index (χ1v) is 5.42. The number of nitrogens with two attached hydrogens (primary N) is 3. The number of aromatic nitrogens is 3. The van der Waals surface area contributed by atoms with E-state index < -0.39 is 22.0 Å². The van der Waals surface area contributed by atoms with Crippen molar-refractivity contribution in [2.45, 2.75) is 5.25 Å². The number of nitrogen functional groups attached to an aromatic ring is 2. The molecular weight excluding hydrogens is 220 g/mol. The second kappa shape index (κ2) is 4.17. The number of primary amides is 1. The molecule has 6 N–H and O–H groups in total. The summed E-state index contributed by atoms with van der Waals surface area (Å²) in [7, 11) is -1.54. The maximum Gasteiger partial charge on any atom is 0.241 e. The quantitative estimate of drug-likeness (QED) is 0.540. The molecule has 0 aliphatic heterocycles. The maximum atomic E-state index is 11.2. The Morgan fingerprint density at radius 1 is 1.27 bits per heavy atom. The molecule has 0 aromatic carbocycles. The lowest BCUT2D eigenvalue weighted by Gasteiger charge is -2.08. The Hall–Kier alpha value is -1.77. The first kappa shape index (κ1) is 11.3. The van der Waals surface area contributed by atoms with Crippen LogP contribution in [0.4, 0.5) is 11.9 Å². The fraction of sp³-hybridized carbons (Fsp3) is 0.333. The number of nitrogens with zero attached hydrogens (tertiary/aromatic N) is 3. The van der Waals surface area contributed by atoms with Crippen LogP contribution >= 0.6 is 0 Å². The summed E-state index contributed by atoms with van der Waals surface area (Å²) in [5.74, 6) is -1.17. The predicted molar refractivity (Wildman–Crippen MR) is 54.7 cm³/mol. The van der Waals surface area contributed by atoms with Crippen molar-refractivity contribution in [1.29, 1.82) is 0 Å². The number of anilines is 2. The van der Waals surface area contributed by atoms with Gasteiger partial charge in [0.1, 0.15) is 0 Å². The molecule has 0 radical (unpaired) electrons. The highest BCUT2D eigenvalue weighted by Crippen LogP contribution is 2.15. The van der Waals surface area contributed by atoms with Gasteiger partial charge < -0.3 is 17.2 Å². The van der Waals surface area contributed by atoms with Crippen LogP contribution in [-0.2, 0) is 15.6 Å². The Morgan fingerprint density at radius 3 is 2.07 bits per heavy atom. The molecule has 0 spiro atoms. The molecular formula is C6H10N6O2S. The topological polar surface area (TPSA) is 151 Å². The van der Waals surface area contributed by atoms with Gasteiger partial charge in [0, 0.05) is 17.1 Å². The predicted octanol–water partition coefficient (Wildman–Crippen LogP) is -2.06. The van der Waals surface area contributed by atoms with Crippen LogP contribution in [0.15, 0.2) is 0 Å². The highest BCUT2D eigenvalue weighted by molar-refractivity contribution is 7.85. The number of amides is 1. The van der Waals surface area contributed by atoms with E-state index in [4.69, 9.17) is 17.2 Å². The first-order chi connectivity index (χ1) is 6.91. The van der Waals surface area contributed by atoms with Gasteiger partial charge >= 0.3 is 0 Å². The van der Waals surface area contributed by atoms with Crippen molar-refractivity contribution >= 4 is 28.6 Å². The molecule has 15 heavy (non-hydrogen) atoms. The molecule has 0 saturated carbocycles. The third-order valence-corrected chi connectivity index (χ3v) is 2.62. The van der Waals surface area contributed by atoms with Gasteiger partial charge in [0.15, 0.2) is 11.1 Å². The maximum absolute atomic E-state index is 11.2. The number of rotatable bonds is 3. The molecule has 2 unspecified atom stereocenters. The Morgan fingerprint density at radius 2 is 1.73 bits per heavy atom. The van der Waals surface area contributed by atoms with Gasteiger partial charge in [-0.15, -0.1) is 0 Å². The summed E-state index contributed by atoms with van der Waals surface area (Å²) in [4.78, 5) is 21.8. The van der Waals surface area contributed by atoms with E-state index in [2.05, 4.69) is 15.0 Å². The molecule has 0 aliphatic carbocycles. The lowest BCUT2D eigenvalue weighted by atomic mass is 10.4. The monoisotopic (exact) mass is 230 g/mol. The van der Waals surface area contributed by atoms with Crippen molar-refractivity contribution in [3.8, 4) is 0 Å². The minimum atomic E-state index is -1.54. The molecule has 0 bridgehead atoms. The van der Waals surface area contributed by atoms with E-state index >= 15 is 0 Å². The molecule has 9 heteroatoms. The summed E-state index contributed by atoms with van der Waals surface area (Å²) in [6.07, 6.45) is 1.31. The van der Waals surface area contributed by atoms with Crippen molar-refractivity contribution in [2.75, 3.05) is 17.7 Å². The molecule has 0 fully saturated rings. The second-order valence-corrected chi connectivity index (χ2v) is 4.16. The molecule has 0 saturated heterocycles. The number of hydrogen-bond acceptors (Lipinski definition) is 7. The number of carbonyl (C=O) groups excluding carboxylic acids is 1. The smallest absolute Gasteiger partial charge is 0.241 e. The standard InChI is InChI=1S/C6H10N6O2S/c1-15(14)2(3(7)13)4-10-5(8)12-6(9)11-4/h2H,1H3,(H2,7,13)(H4,8,9,10,11,12). The van der Waals surface area contributed by atoms with Crippen LogP contribution in [-0.4, -0.2) is 31.3 Å². The van der Waals surface area contributed by atoms with Crippen molar-refractivity contribution in [1.82, 2.24) is 15.0 Å². The molecule has 1 aromatic heterocycles. The van der Waals surface area contributed by atoms with E-state index in [1.54, 1.807) is 0 Å². The van der Waals surface area contributed by atoms with Crippen LogP contribution in [0.5, 0.6) is 0 Å². The zero-order valence-corrected chi connectivity index (χ0v) is 8.69. The molecule has 1 rings (SSSR count). The molecule has 8 nitrogen and oxygen atoms in total. The Balaban J connectivity index is 3.22. The third kappa shape index (κ3) is 2.59. The normalized spacial score (nSPS) is 14.5. The van der Waals surface area contributed by atoms with Gasteiger partial charge in [-0.2, -0.15) is 15.0 Å². The highest BCUT2D eigenvalue weighted by Gasteiger charge is 2.25. The third-order valence-electron chi connectivity index (χ3n) is 1.51. The van der Waals surface area contributed by atoms with Crippen molar-refractivity contribution in [3.63, 3.8) is 0 Å². The van der Waals surface area contributed by atoms with E-state index in [1.807, 2.05) is 0 Å². The fourth-order valence-corrected chi connectivity index (χ4v) is 1.71. The van der Waals surface area contributed by atoms with E-state index in [0.29, 0.717) is 0 Å². The molecule has 2 atom stereocenters. The van der Waals surface area contributed by atoms with Gasteiger partial charge in [0.05, 0.1) is 0 Å². The fourth-order valence-electron chi connectivity index (χ4n) is 0.984. The van der Waals surface area contributed by atoms with E-state index in [9.17, 15) is 9.00 Å². The Labute approximate surface area is 87.7 Å². The van der Waals surface area contributed by atoms with E-state index in [0.717, 1.165) is 0 Å². The largest absolute Gasteiger partial charge is 0.368 e. The van der Waals surface area contributed by atoms with Gasteiger partial charge in [-0.1, -0.05) is 0 Å².